The number of rotatable bonds is 6. The summed E-state index contributed by atoms with van der Waals surface area (Å²) in [6, 6.07) is 14.5. The molecule has 0 heterocycles. The zero-order valence-corrected chi connectivity index (χ0v) is 12.3. The molecule has 2 rings (SSSR count). The van der Waals surface area contributed by atoms with Crippen LogP contribution in [0.25, 0.3) is 0 Å². The van der Waals surface area contributed by atoms with Gasteiger partial charge in [0.25, 0.3) is 0 Å². The topological polar surface area (TPSA) is 61.7 Å². The molecule has 1 atom stereocenters. The predicted octanol–water partition coefficient (Wildman–Crippen LogP) is 3.11. The van der Waals surface area contributed by atoms with E-state index in [2.05, 4.69) is 5.32 Å². The number of nitrogens with one attached hydrogen (secondary N) is 1. The number of ether oxygens (including phenoxy) is 1. The van der Waals surface area contributed by atoms with Gasteiger partial charge in [-0.05, 0) is 36.2 Å². The van der Waals surface area contributed by atoms with Crippen LogP contribution in [0.1, 0.15) is 18.9 Å². The van der Waals surface area contributed by atoms with Gasteiger partial charge in [0.1, 0.15) is 11.5 Å². The third kappa shape index (κ3) is 3.28. The maximum atomic E-state index is 9.93. The highest BCUT2D eigenvalue weighted by Gasteiger charge is 2.29. The quantitative estimate of drug-likeness (QED) is 0.764. The van der Waals surface area contributed by atoms with Crippen LogP contribution in [0.15, 0.2) is 48.5 Å². The Morgan fingerprint density at radius 1 is 1.14 bits per heavy atom. The van der Waals surface area contributed by atoms with Gasteiger partial charge in [0.2, 0.25) is 0 Å². The minimum Gasteiger partial charge on any atom is -0.508 e. The van der Waals surface area contributed by atoms with Gasteiger partial charge in [0.15, 0.2) is 0 Å². The summed E-state index contributed by atoms with van der Waals surface area (Å²) in [7, 11) is 1.62. The Morgan fingerprint density at radius 3 is 2.43 bits per heavy atom. The van der Waals surface area contributed by atoms with Gasteiger partial charge in [-0.3, -0.25) is 0 Å². The summed E-state index contributed by atoms with van der Waals surface area (Å²) in [5.74, 6) is 0.969. The van der Waals surface area contributed by atoms with Crippen molar-refractivity contribution in [3.05, 3.63) is 54.1 Å². The summed E-state index contributed by atoms with van der Waals surface area (Å²) in [5, 5.41) is 22.7. The molecule has 0 saturated heterocycles. The van der Waals surface area contributed by atoms with Crippen molar-refractivity contribution in [2.45, 2.75) is 18.9 Å². The minimum absolute atomic E-state index is 0.0501. The highest BCUT2D eigenvalue weighted by molar-refractivity contribution is 5.52. The second-order valence-corrected chi connectivity index (χ2v) is 5.00. The van der Waals surface area contributed by atoms with E-state index in [0.29, 0.717) is 6.42 Å². The number of phenols is 1. The molecule has 112 valence electrons. The van der Waals surface area contributed by atoms with E-state index in [1.165, 1.54) is 0 Å². The lowest BCUT2D eigenvalue weighted by molar-refractivity contribution is 0.207. The van der Waals surface area contributed by atoms with Crippen LogP contribution in [0.2, 0.25) is 0 Å². The van der Waals surface area contributed by atoms with Gasteiger partial charge < -0.3 is 20.3 Å². The molecule has 2 aromatic rings. The van der Waals surface area contributed by atoms with Gasteiger partial charge >= 0.3 is 0 Å². The predicted molar refractivity (Wildman–Crippen MR) is 83.8 cm³/mol. The lowest BCUT2D eigenvalue weighted by atomic mass is 9.87. The van der Waals surface area contributed by atoms with Crippen LogP contribution >= 0.6 is 0 Å². The number of methoxy groups -OCH3 is 1. The smallest absolute Gasteiger partial charge is 0.120 e. The third-order valence-electron chi connectivity index (χ3n) is 3.75. The molecule has 3 N–H and O–H groups in total. The summed E-state index contributed by atoms with van der Waals surface area (Å²) in [6.07, 6.45) is 0.700. The molecule has 1 unspecified atom stereocenters. The molecule has 0 spiro atoms. The second kappa shape index (κ2) is 6.50. The number of aliphatic hydroxyl groups is 1. The Bertz CT molecular complexity index is 577. The average Bonchev–Trinajstić information content (AvgIpc) is 2.54. The summed E-state index contributed by atoms with van der Waals surface area (Å²) < 4.78 is 5.22. The number of hydrogen-bond acceptors (Lipinski definition) is 4. The standard InChI is InChI=1S/C17H21NO3/c1-3-17(12-19,13-7-9-15(20)10-8-13)18-14-5-4-6-16(11-14)21-2/h4-11,18-20H,3,12H2,1-2H3. The summed E-state index contributed by atoms with van der Waals surface area (Å²) >= 11 is 0. The number of aromatic hydroxyl groups is 1. The number of hydrogen-bond donors (Lipinski definition) is 3. The Kier molecular flexibility index (Phi) is 4.70. The van der Waals surface area contributed by atoms with E-state index in [0.717, 1.165) is 17.0 Å². The van der Waals surface area contributed by atoms with E-state index in [1.54, 1.807) is 19.2 Å². The van der Waals surface area contributed by atoms with E-state index in [4.69, 9.17) is 4.74 Å². The van der Waals surface area contributed by atoms with Gasteiger partial charge in [-0.25, -0.2) is 0 Å². The van der Waals surface area contributed by atoms with Crippen molar-refractivity contribution in [1.29, 1.82) is 0 Å². The molecule has 0 aliphatic carbocycles. The summed E-state index contributed by atoms with van der Waals surface area (Å²) in [4.78, 5) is 0. The van der Waals surface area contributed by atoms with Crippen molar-refractivity contribution in [2.24, 2.45) is 0 Å². The lowest BCUT2D eigenvalue weighted by Crippen LogP contribution is -2.38. The van der Waals surface area contributed by atoms with E-state index < -0.39 is 5.54 Å². The molecule has 0 aliphatic rings. The fourth-order valence-corrected chi connectivity index (χ4v) is 2.36. The number of anilines is 1. The van der Waals surface area contributed by atoms with Crippen LogP contribution in [0.3, 0.4) is 0 Å². The van der Waals surface area contributed by atoms with Crippen LogP contribution < -0.4 is 10.1 Å². The van der Waals surface area contributed by atoms with Crippen molar-refractivity contribution < 1.29 is 14.9 Å². The fraction of sp³-hybridized carbons (Fsp3) is 0.294. The van der Waals surface area contributed by atoms with Crippen LogP contribution in [0, 0.1) is 0 Å². The molecule has 0 bridgehead atoms. The van der Waals surface area contributed by atoms with Crippen molar-refractivity contribution in [3.8, 4) is 11.5 Å². The van der Waals surface area contributed by atoms with Crippen LogP contribution in [0.4, 0.5) is 5.69 Å². The summed E-state index contributed by atoms with van der Waals surface area (Å²) in [6.45, 7) is 1.96. The maximum absolute atomic E-state index is 9.93. The van der Waals surface area contributed by atoms with Gasteiger partial charge in [0, 0.05) is 11.8 Å². The molecule has 4 nitrogen and oxygen atoms in total. The highest BCUT2D eigenvalue weighted by Crippen LogP contribution is 2.31. The molecular formula is C17H21NO3. The van der Waals surface area contributed by atoms with Crippen molar-refractivity contribution in [3.63, 3.8) is 0 Å². The Labute approximate surface area is 125 Å². The van der Waals surface area contributed by atoms with E-state index in [-0.39, 0.29) is 12.4 Å². The average molecular weight is 287 g/mol. The fourth-order valence-electron chi connectivity index (χ4n) is 2.36. The van der Waals surface area contributed by atoms with Crippen LogP contribution in [0.5, 0.6) is 11.5 Å². The monoisotopic (exact) mass is 287 g/mol. The van der Waals surface area contributed by atoms with E-state index in [1.807, 2.05) is 43.3 Å². The van der Waals surface area contributed by atoms with Crippen LogP contribution in [-0.4, -0.2) is 23.9 Å². The van der Waals surface area contributed by atoms with E-state index in [9.17, 15) is 10.2 Å². The molecule has 2 aromatic carbocycles. The molecule has 0 fully saturated rings. The Morgan fingerprint density at radius 2 is 1.86 bits per heavy atom. The SMILES string of the molecule is CCC(CO)(Nc1cccc(OC)c1)c1ccc(O)cc1. The first-order chi connectivity index (χ1) is 10.1. The highest BCUT2D eigenvalue weighted by atomic mass is 16.5. The molecule has 4 heteroatoms. The largest absolute Gasteiger partial charge is 0.508 e. The number of aliphatic hydroxyl groups excluding tert-OH is 1. The molecule has 0 aromatic heterocycles. The first-order valence-corrected chi connectivity index (χ1v) is 6.96. The first-order valence-electron chi connectivity index (χ1n) is 6.96. The molecule has 0 aliphatic heterocycles. The molecule has 0 saturated carbocycles. The normalized spacial score (nSPS) is 13.5. The number of benzene rings is 2. The third-order valence-corrected chi connectivity index (χ3v) is 3.75. The minimum atomic E-state index is -0.597. The zero-order chi connectivity index (χ0) is 15.3. The lowest BCUT2D eigenvalue weighted by Gasteiger charge is -2.34. The van der Waals surface area contributed by atoms with Gasteiger partial charge in [0.05, 0.1) is 19.3 Å². The van der Waals surface area contributed by atoms with Crippen molar-refractivity contribution >= 4 is 5.69 Å². The molecular weight excluding hydrogens is 266 g/mol. The van der Waals surface area contributed by atoms with Crippen molar-refractivity contribution in [1.82, 2.24) is 0 Å². The molecule has 21 heavy (non-hydrogen) atoms. The number of phenolic OH excluding ortho intramolecular Hbond substituents is 1. The summed E-state index contributed by atoms with van der Waals surface area (Å²) in [5.41, 5.74) is 1.20. The molecule has 0 radical (unpaired) electrons. The zero-order valence-electron chi connectivity index (χ0n) is 12.3. The second-order valence-electron chi connectivity index (χ2n) is 5.00. The Hall–Kier alpha value is -2.20. The van der Waals surface area contributed by atoms with Crippen molar-refractivity contribution in [2.75, 3.05) is 19.0 Å². The van der Waals surface area contributed by atoms with Gasteiger partial charge in [-0.2, -0.15) is 0 Å². The van der Waals surface area contributed by atoms with E-state index >= 15 is 0 Å². The maximum Gasteiger partial charge on any atom is 0.120 e. The van der Waals surface area contributed by atoms with Gasteiger partial charge in [-0.1, -0.05) is 25.1 Å². The Balaban J connectivity index is 2.35. The first kappa shape index (κ1) is 15.2. The molecule has 0 amide bonds. The van der Waals surface area contributed by atoms with Gasteiger partial charge in [-0.15, -0.1) is 0 Å². The van der Waals surface area contributed by atoms with Crippen LogP contribution in [-0.2, 0) is 5.54 Å².